The molecule has 0 aromatic carbocycles. The molecule has 0 aromatic rings. The lowest BCUT2D eigenvalue weighted by Gasteiger charge is -2.35. The number of hydrogen-bond donors (Lipinski definition) is 0. The van der Waals surface area contributed by atoms with Crippen molar-refractivity contribution in [3.05, 3.63) is 12.7 Å². The highest BCUT2D eigenvalue weighted by Crippen LogP contribution is 2.15. The molecule has 0 unspecified atom stereocenters. The van der Waals surface area contributed by atoms with E-state index in [-0.39, 0.29) is 17.9 Å². The molecule has 0 N–H and O–H groups in total. The fraction of sp³-hybridized carbons (Fsp3) is 0.667. The molecule has 5 heteroatoms. The van der Waals surface area contributed by atoms with Crippen molar-refractivity contribution in [3.63, 3.8) is 0 Å². The molecule has 2 rings (SSSR count). The van der Waals surface area contributed by atoms with Crippen molar-refractivity contribution < 1.29 is 14.3 Å². The summed E-state index contributed by atoms with van der Waals surface area (Å²) < 4.78 is 5.38. The average Bonchev–Trinajstić information content (AvgIpc) is 2.91. The average molecular weight is 238 g/mol. The fourth-order valence-electron chi connectivity index (χ4n) is 2.25. The van der Waals surface area contributed by atoms with E-state index in [1.165, 1.54) is 6.08 Å². The molecule has 1 atom stereocenters. The molecule has 0 spiro atoms. The fourth-order valence-corrected chi connectivity index (χ4v) is 2.25. The van der Waals surface area contributed by atoms with Crippen LogP contribution >= 0.6 is 0 Å². The maximum Gasteiger partial charge on any atom is 0.251 e. The number of ether oxygens (including phenoxy) is 1. The summed E-state index contributed by atoms with van der Waals surface area (Å²) >= 11 is 0. The number of amides is 2. The molecular formula is C12H18N2O3. The van der Waals surface area contributed by atoms with Crippen LogP contribution in [0, 0.1) is 0 Å². The van der Waals surface area contributed by atoms with Gasteiger partial charge < -0.3 is 14.5 Å². The van der Waals surface area contributed by atoms with E-state index in [0.29, 0.717) is 32.8 Å². The predicted molar refractivity (Wildman–Crippen MR) is 62.3 cm³/mol. The van der Waals surface area contributed by atoms with Gasteiger partial charge in [-0.15, -0.1) is 0 Å². The predicted octanol–water partition coefficient (Wildman–Crippen LogP) is 0.0222. The van der Waals surface area contributed by atoms with E-state index in [2.05, 4.69) is 6.58 Å². The monoisotopic (exact) mass is 238 g/mol. The van der Waals surface area contributed by atoms with Gasteiger partial charge in [-0.3, -0.25) is 9.59 Å². The van der Waals surface area contributed by atoms with Crippen molar-refractivity contribution in [1.29, 1.82) is 0 Å². The van der Waals surface area contributed by atoms with Crippen LogP contribution in [0.5, 0.6) is 0 Å². The molecular weight excluding hydrogens is 220 g/mol. The molecule has 0 radical (unpaired) electrons. The van der Waals surface area contributed by atoms with Crippen LogP contribution in [0.2, 0.25) is 0 Å². The van der Waals surface area contributed by atoms with Crippen LogP contribution in [0.3, 0.4) is 0 Å². The summed E-state index contributed by atoms with van der Waals surface area (Å²) in [6, 6.07) is 0. The maximum atomic E-state index is 12.0. The van der Waals surface area contributed by atoms with Gasteiger partial charge in [0.2, 0.25) is 5.91 Å². The summed E-state index contributed by atoms with van der Waals surface area (Å²) in [4.78, 5) is 26.9. The normalized spacial score (nSPS) is 24.8. The van der Waals surface area contributed by atoms with Crippen LogP contribution < -0.4 is 0 Å². The van der Waals surface area contributed by atoms with E-state index in [4.69, 9.17) is 4.74 Å². The standard InChI is InChI=1S/C12H18N2O3/c1-2-11(15)13-5-7-14(8-6-13)12(16)10-4-3-9-17-10/h2,10H,1,3-9H2/t10-/m1/s1. The van der Waals surface area contributed by atoms with E-state index in [0.717, 1.165) is 12.8 Å². The van der Waals surface area contributed by atoms with E-state index < -0.39 is 0 Å². The SMILES string of the molecule is C=CC(=O)N1CCN(C(=O)[C@H]2CCCO2)CC1. The Labute approximate surface area is 101 Å². The number of carbonyl (C=O) groups excluding carboxylic acids is 2. The Balaban J connectivity index is 1.84. The van der Waals surface area contributed by atoms with Crippen LogP contribution in [0.25, 0.3) is 0 Å². The molecule has 5 nitrogen and oxygen atoms in total. The third kappa shape index (κ3) is 2.66. The first-order valence-corrected chi connectivity index (χ1v) is 6.04. The maximum absolute atomic E-state index is 12.0. The lowest BCUT2D eigenvalue weighted by molar-refractivity contribution is -0.144. The molecule has 2 aliphatic rings. The highest BCUT2D eigenvalue weighted by Gasteiger charge is 2.30. The van der Waals surface area contributed by atoms with Gasteiger partial charge in [0.15, 0.2) is 0 Å². The van der Waals surface area contributed by atoms with Crippen molar-refractivity contribution in [1.82, 2.24) is 9.80 Å². The summed E-state index contributed by atoms with van der Waals surface area (Å²) in [5.41, 5.74) is 0. The van der Waals surface area contributed by atoms with Crippen LogP contribution in [-0.4, -0.2) is 60.5 Å². The van der Waals surface area contributed by atoms with Crippen molar-refractivity contribution in [3.8, 4) is 0 Å². The van der Waals surface area contributed by atoms with E-state index >= 15 is 0 Å². The summed E-state index contributed by atoms with van der Waals surface area (Å²) in [6.45, 7) is 6.51. The van der Waals surface area contributed by atoms with Gasteiger partial charge in [0.25, 0.3) is 5.91 Å². The summed E-state index contributed by atoms with van der Waals surface area (Å²) in [5, 5.41) is 0. The Morgan fingerprint density at radius 3 is 2.35 bits per heavy atom. The summed E-state index contributed by atoms with van der Waals surface area (Å²) in [5.74, 6) is 0.0161. The minimum atomic E-state index is -0.253. The number of carbonyl (C=O) groups is 2. The number of nitrogens with zero attached hydrogens (tertiary/aromatic N) is 2. The Bertz CT molecular complexity index is 316. The van der Waals surface area contributed by atoms with Gasteiger partial charge in [0.05, 0.1) is 0 Å². The molecule has 0 aliphatic carbocycles. The lowest BCUT2D eigenvalue weighted by atomic mass is 10.2. The second-order valence-electron chi connectivity index (χ2n) is 4.36. The molecule has 2 aliphatic heterocycles. The Hall–Kier alpha value is -1.36. The zero-order valence-electron chi connectivity index (χ0n) is 9.93. The highest BCUT2D eigenvalue weighted by molar-refractivity contribution is 5.87. The van der Waals surface area contributed by atoms with Crippen LogP contribution in [0.15, 0.2) is 12.7 Å². The van der Waals surface area contributed by atoms with Crippen molar-refractivity contribution in [2.24, 2.45) is 0 Å². The third-order valence-corrected chi connectivity index (χ3v) is 3.28. The van der Waals surface area contributed by atoms with E-state index in [1.807, 2.05) is 0 Å². The van der Waals surface area contributed by atoms with Gasteiger partial charge in [-0.25, -0.2) is 0 Å². The van der Waals surface area contributed by atoms with Gasteiger partial charge in [0.1, 0.15) is 6.10 Å². The van der Waals surface area contributed by atoms with Crippen molar-refractivity contribution in [2.75, 3.05) is 32.8 Å². The minimum Gasteiger partial charge on any atom is -0.368 e. The molecule has 2 saturated heterocycles. The summed E-state index contributed by atoms with van der Waals surface area (Å²) in [6.07, 6.45) is 2.85. The highest BCUT2D eigenvalue weighted by atomic mass is 16.5. The van der Waals surface area contributed by atoms with Crippen molar-refractivity contribution in [2.45, 2.75) is 18.9 Å². The topological polar surface area (TPSA) is 49.9 Å². The lowest BCUT2D eigenvalue weighted by Crippen LogP contribution is -2.52. The van der Waals surface area contributed by atoms with Gasteiger partial charge in [-0.1, -0.05) is 6.58 Å². The third-order valence-electron chi connectivity index (χ3n) is 3.28. The van der Waals surface area contributed by atoms with Gasteiger partial charge >= 0.3 is 0 Å². The Kier molecular flexibility index (Phi) is 3.78. The van der Waals surface area contributed by atoms with Gasteiger partial charge in [-0.2, -0.15) is 0 Å². The molecule has 0 bridgehead atoms. The first-order chi connectivity index (χ1) is 8.22. The van der Waals surface area contributed by atoms with Gasteiger partial charge in [0, 0.05) is 32.8 Å². The molecule has 2 fully saturated rings. The van der Waals surface area contributed by atoms with Crippen LogP contribution in [0.4, 0.5) is 0 Å². The summed E-state index contributed by atoms with van der Waals surface area (Å²) in [7, 11) is 0. The molecule has 0 saturated carbocycles. The molecule has 94 valence electrons. The van der Waals surface area contributed by atoms with E-state index in [9.17, 15) is 9.59 Å². The molecule has 0 aromatic heterocycles. The quantitative estimate of drug-likeness (QED) is 0.637. The van der Waals surface area contributed by atoms with Crippen LogP contribution in [0.1, 0.15) is 12.8 Å². The molecule has 2 amide bonds. The first kappa shape index (κ1) is 12.1. The first-order valence-electron chi connectivity index (χ1n) is 6.04. The zero-order chi connectivity index (χ0) is 12.3. The minimum absolute atomic E-state index is 0.0609. The second kappa shape index (κ2) is 5.31. The molecule has 2 heterocycles. The number of hydrogen-bond acceptors (Lipinski definition) is 3. The Morgan fingerprint density at radius 2 is 1.82 bits per heavy atom. The van der Waals surface area contributed by atoms with Gasteiger partial charge in [-0.05, 0) is 18.9 Å². The zero-order valence-corrected chi connectivity index (χ0v) is 9.93. The largest absolute Gasteiger partial charge is 0.368 e. The number of piperazine rings is 1. The second-order valence-corrected chi connectivity index (χ2v) is 4.36. The van der Waals surface area contributed by atoms with Crippen molar-refractivity contribution >= 4 is 11.8 Å². The van der Waals surface area contributed by atoms with Crippen LogP contribution in [-0.2, 0) is 14.3 Å². The smallest absolute Gasteiger partial charge is 0.251 e. The van der Waals surface area contributed by atoms with E-state index in [1.54, 1.807) is 9.80 Å². The number of rotatable bonds is 2. The Morgan fingerprint density at radius 1 is 1.18 bits per heavy atom. The molecule has 17 heavy (non-hydrogen) atoms.